The molecule has 0 atom stereocenters. The van der Waals surface area contributed by atoms with Crippen LogP contribution in [0.2, 0.25) is 0 Å². The van der Waals surface area contributed by atoms with Crippen LogP contribution in [0.5, 0.6) is 17.2 Å². The van der Waals surface area contributed by atoms with E-state index in [1.54, 1.807) is 13.2 Å². The van der Waals surface area contributed by atoms with Gasteiger partial charge in [0.1, 0.15) is 23.3 Å². The van der Waals surface area contributed by atoms with Crippen LogP contribution in [-0.2, 0) is 0 Å². The number of methoxy groups -OCH3 is 1. The predicted octanol–water partition coefficient (Wildman–Crippen LogP) is 3.67. The summed E-state index contributed by atoms with van der Waals surface area (Å²) >= 11 is 0. The van der Waals surface area contributed by atoms with E-state index in [0.29, 0.717) is 17.1 Å². The van der Waals surface area contributed by atoms with Gasteiger partial charge in [-0.1, -0.05) is 12.1 Å². The third kappa shape index (κ3) is 2.44. The SMILES string of the molecule is COc1ccc(Oc2cccc(C)c2C#N)cc1. The number of ether oxygens (including phenoxy) is 2. The molecule has 0 spiro atoms. The van der Waals surface area contributed by atoms with Crippen LogP contribution in [-0.4, -0.2) is 7.11 Å². The first kappa shape index (κ1) is 12.0. The van der Waals surface area contributed by atoms with Crippen LogP contribution in [0.25, 0.3) is 0 Å². The molecule has 18 heavy (non-hydrogen) atoms. The van der Waals surface area contributed by atoms with E-state index in [1.807, 2.05) is 43.3 Å². The maximum atomic E-state index is 9.11. The molecule has 0 fully saturated rings. The molecule has 90 valence electrons. The number of hydrogen-bond donors (Lipinski definition) is 0. The number of nitriles is 1. The van der Waals surface area contributed by atoms with Gasteiger partial charge in [-0.3, -0.25) is 0 Å². The average molecular weight is 239 g/mol. The van der Waals surface area contributed by atoms with Crippen molar-refractivity contribution in [2.45, 2.75) is 6.92 Å². The minimum Gasteiger partial charge on any atom is -0.497 e. The highest BCUT2D eigenvalue weighted by Gasteiger charge is 2.07. The summed E-state index contributed by atoms with van der Waals surface area (Å²) in [6.45, 7) is 1.89. The van der Waals surface area contributed by atoms with Crippen LogP contribution < -0.4 is 9.47 Å². The van der Waals surface area contributed by atoms with Gasteiger partial charge in [0.05, 0.1) is 12.7 Å². The highest BCUT2D eigenvalue weighted by molar-refractivity contribution is 5.50. The maximum absolute atomic E-state index is 9.11. The maximum Gasteiger partial charge on any atom is 0.145 e. The van der Waals surface area contributed by atoms with Crippen molar-refractivity contribution < 1.29 is 9.47 Å². The number of rotatable bonds is 3. The molecule has 0 aromatic heterocycles. The molecule has 3 nitrogen and oxygen atoms in total. The molecule has 0 saturated carbocycles. The fourth-order valence-corrected chi connectivity index (χ4v) is 1.64. The van der Waals surface area contributed by atoms with E-state index in [4.69, 9.17) is 14.7 Å². The summed E-state index contributed by atoms with van der Waals surface area (Å²) in [6.07, 6.45) is 0. The second-order valence-electron chi connectivity index (χ2n) is 3.84. The van der Waals surface area contributed by atoms with Crippen molar-refractivity contribution >= 4 is 0 Å². The van der Waals surface area contributed by atoms with Gasteiger partial charge in [0.15, 0.2) is 0 Å². The minimum absolute atomic E-state index is 0.563. The third-order valence-electron chi connectivity index (χ3n) is 2.63. The minimum atomic E-state index is 0.563. The van der Waals surface area contributed by atoms with E-state index in [9.17, 15) is 0 Å². The second kappa shape index (κ2) is 5.24. The van der Waals surface area contributed by atoms with Crippen molar-refractivity contribution in [3.8, 4) is 23.3 Å². The molecule has 2 aromatic carbocycles. The second-order valence-corrected chi connectivity index (χ2v) is 3.84. The van der Waals surface area contributed by atoms with Crippen molar-refractivity contribution in [2.24, 2.45) is 0 Å². The van der Waals surface area contributed by atoms with Gasteiger partial charge >= 0.3 is 0 Å². The van der Waals surface area contributed by atoms with Crippen LogP contribution in [0, 0.1) is 18.3 Å². The monoisotopic (exact) mass is 239 g/mol. The molecular formula is C15H13NO2. The average Bonchev–Trinajstić information content (AvgIpc) is 2.40. The number of aryl methyl sites for hydroxylation is 1. The largest absolute Gasteiger partial charge is 0.497 e. The predicted molar refractivity (Wildman–Crippen MR) is 69.0 cm³/mol. The Morgan fingerprint density at radius 3 is 2.28 bits per heavy atom. The van der Waals surface area contributed by atoms with E-state index < -0.39 is 0 Å². The summed E-state index contributed by atoms with van der Waals surface area (Å²) in [5, 5.41) is 9.11. The summed E-state index contributed by atoms with van der Waals surface area (Å²) in [5.41, 5.74) is 1.47. The summed E-state index contributed by atoms with van der Waals surface area (Å²) in [6, 6.07) is 15.0. The Kier molecular flexibility index (Phi) is 3.49. The van der Waals surface area contributed by atoms with Gasteiger partial charge < -0.3 is 9.47 Å². The normalized spacial score (nSPS) is 9.61. The molecule has 0 aliphatic carbocycles. The molecule has 2 aromatic rings. The summed E-state index contributed by atoms with van der Waals surface area (Å²) in [7, 11) is 1.62. The molecular weight excluding hydrogens is 226 g/mol. The molecule has 0 unspecified atom stereocenters. The van der Waals surface area contributed by atoms with E-state index in [-0.39, 0.29) is 0 Å². The van der Waals surface area contributed by atoms with E-state index >= 15 is 0 Å². The first-order chi connectivity index (χ1) is 8.74. The van der Waals surface area contributed by atoms with E-state index in [1.165, 1.54) is 0 Å². The van der Waals surface area contributed by atoms with Crippen LogP contribution >= 0.6 is 0 Å². The first-order valence-corrected chi connectivity index (χ1v) is 5.56. The topological polar surface area (TPSA) is 42.2 Å². The molecule has 0 saturated heterocycles. The van der Waals surface area contributed by atoms with Gasteiger partial charge in [-0.2, -0.15) is 5.26 Å². The van der Waals surface area contributed by atoms with Crippen molar-refractivity contribution in [2.75, 3.05) is 7.11 Å². The van der Waals surface area contributed by atoms with Crippen molar-refractivity contribution in [3.63, 3.8) is 0 Å². The first-order valence-electron chi connectivity index (χ1n) is 5.56. The number of benzene rings is 2. The van der Waals surface area contributed by atoms with Gasteiger partial charge in [-0.05, 0) is 42.8 Å². The lowest BCUT2D eigenvalue weighted by Crippen LogP contribution is -1.91. The quantitative estimate of drug-likeness (QED) is 0.820. The smallest absolute Gasteiger partial charge is 0.145 e. The molecule has 2 rings (SSSR count). The van der Waals surface area contributed by atoms with Crippen LogP contribution in [0.3, 0.4) is 0 Å². The Balaban J connectivity index is 2.28. The highest BCUT2D eigenvalue weighted by Crippen LogP contribution is 2.28. The lowest BCUT2D eigenvalue weighted by molar-refractivity contribution is 0.413. The summed E-state index contributed by atoms with van der Waals surface area (Å²) < 4.78 is 10.8. The fraction of sp³-hybridized carbons (Fsp3) is 0.133. The van der Waals surface area contributed by atoms with Crippen molar-refractivity contribution in [3.05, 3.63) is 53.6 Å². The standard InChI is InChI=1S/C15H13NO2/c1-11-4-3-5-15(14(11)10-16)18-13-8-6-12(17-2)7-9-13/h3-9H,1-2H3. The Morgan fingerprint density at radius 1 is 1.00 bits per heavy atom. The zero-order valence-electron chi connectivity index (χ0n) is 10.3. The lowest BCUT2D eigenvalue weighted by atomic mass is 10.1. The van der Waals surface area contributed by atoms with Gasteiger partial charge in [0.2, 0.25) is 0 Å². The van der Waals surface area contributed by atoms with Gasteiger partial charge in [0, 0.05) is 0 Å². The molecule has 0 aliphatic heterocycles. The summed E-state index contributed by atoms with van der Waals surface area (Å²) in [5.74, 6) is 2.02. The molecule has 0 N–H and O–H groups in total. The Labute approximate surface area is 106 Å². The van der Waals surface area contributed by atoms with Crippen molar-refractivity contribution in [1.29, 1.82) is 5.26 Å². The van der Waals surface area contributed by atoms with Gasteiger partial charge in [0.25, 0.3) is 0 Å². The zero-order valence-corrected chi connectivity index (χ0v) is 10.3. The molecule has 0 amide bonds. The Bertz CT molecular complexity index is 582. The fourth-order valence-electron chi connectivity index (χ4n) is 1.64. The molecule has 0 bridgehead atoms. The molecule has 3 heteroatoms. The Morgan fingerprint density at radius 2 is 1.67 bits per heavy atom. The summed E-state index contributed by atoms with van der Waals surface area (Å²) in [4.78, 5) is 0. The molecule has 0 radical (unpaired) electrons. The highest BCUT2D eigenvalue weighted by atomic mass is 16.5. The lowest BCUT2D eigenvalue weighted by Gasteiger charge is -2.09. The number of hydrogen-bond acceptors (Lipinski definition) is 3. The van der Waals surface area contributed by atoms with Gasteiger partial charge in [-0.25, -0.2) is 0 Å². The molecule has 0 aliphatic rings. The van der Waals surface area contributed by atoms with Crippen LogP contribution in [0.1, 0.15) is 11.1 Å². The third-order valence-corrected chi connectivity index (χ3v) is 2.63. The van der Waals surface area contributed by atoms with Gasteiger partial charge in [-0.15, -0.1) is 0 Å². The van der Waals surface area contributed by atoms with Crippen molar-refractivity contribution in [1.82, 2.24) is 0 Å². The number of nitrogens with zero attached hydrogens (tertiary/aromatic N) is 1. The van der Waals surface area contributed by atoms with Crippen LogP contribution in [0.4, 0.5) is 0 Å². The van der Waals surface area contributed by atoms with E-state index in [0.717, 1.165) is 11.3 Å². The Hall–Kier alpha value is -2.47. The van der Waals surface area contributed by atoms with Crippen LogP contribution in [0.15, 0.2) is 42.5 Å². The van der Waals surface area contributed by atoms with E-state index in [2.05, 4.69) is 6.07 Å². The zero-order chi connectivity index (χ0) is 13.0. The molecule has 0 heterocycles.